The van der Waals surface area contributed by atoms with Crippen molar-refractivity contribution in [3.8, 4) is 0 Å². The van der Waals surface area contributed by atoms with Crippen LogP contribution in [-0.4, -0.2) is 64.7 Å². The van der Waals surface area contributed by atoms with E-state index in [0.29, 0.717) is 0 Å². The highest BCUT2D eigenvalue weighted by Crippen LogP contribution is 2.43. The Bertz CT molecular complexity index is 299. The van der Waals surface area contributed by atoms with Crippen molar-refractivity contribution in [2.45, 2.75) is 40.8 Å². The first-order valence-corrected chi connectivity index (χ1v) is 6.36. The van der Waals surface area contributed by atoms with Crippen LogP contribution in [0.4, 0.5) is 0 Å². The van der Waals surface area contributed by atoms with Gasteiger partial charge in [0.15, 0.2) is 6.29 Å². The monoisotopic (exact) mass is 322 g/mol. The average molecular weight is 324 g/mol. The van der Waals surface area contributed by atoms with Crippen molar-refractivity contribution in [2.24, 2.45) is 0 Å². The van der Waals surface area contributed by atoms with Crippen LogP contribution in [0.5, 0.6) is 0 Å². The Labute approximate surface area is 119 Å². The third-order valence-corrected chi connectivity index (χ3v) is 3.39. The topological polar surface area (TPSA) is 77.4 Å². The molecule has 2 heterocycles. The fourth-order valence-corrected chi connectivity index (χ4v) is 2.34. The Hall–Kier alpha value is 0.630. The van der Waals surface area contributed by atoms with Gasteiger partial charge in [-0.3, -0.25) is 0 Å². The zero-order chi connectivity index (χ0) is 13.5. The van der Waals surface area contributed by atoms with Gasteiger partial charge in [-0.1, -0.05) is 34.8 Å². The van der Waals surface area contributed by atoms with Crippen LogP contribution in [0, 0.1) is 0 Å². The minimum atomic E-state index is -1.74. The molecule has 0 aromatic rings. The van der Waals surface area contributed by atoms with E-state index >= 15 is 0 Å². The van der Waals surface area contributed by atoms with Gasteiger partial charge in [0.2, 0.25) is 10.1 Å². The molecule has 6 nitrogen and oxygen atoms in total. The molecular weight excluding hydrogens is 310 g/mol. The third-order valence-electron chi connectivity index (χ3n) is 2.85. The molecule has 2 fully saturated rings. The summed E-state index contributed by atoms with van der Waals surface area (Å²) in [6.45, 7) is -0.460. The van der Waals surface area contributed by atoms with Crippen molar-refractivity contribution >= 4 is 34.8 Å². The summed E-state index contributed by atoms with van der Waals surface area (Å²) in [6.07, 6.45) is -4.97. The lowest BCUT2D eigenvalue weighted by Gasteiger charge is -2.26. The number of ether oxygens (including phenoxy) is 4. The molecule has 1 unspecified atom stereocenters. The van der Waals surface area contributed by atoms with E-state index in [1.807, 2.05) is 0 Å². The Kier molecular flexibility index (Phi) is 4.64. The van der Waals surface area contributed by atoms with E-state index in [4.69, 9.17) is 58.9 Å². The molecule has 2 aliphatic heterocycles. The van der Waals surface area contributed by atoms with Gasteiger partial charge in [0, 0.05) is 7.11 Å². The zero-order valence-corrected chi connectivity index (χ0v) is 11.6. The molecule has 0 aliphatic carbocycles. The molecule has 2 saturated heterocycles. The second-order valence-electron chi connectivity index (χ2n) is 4.03. The van der Waals surface area contributed by atoms with Crippen LogP contribution in [-0.2, 0) is 18.9 Å². The minimum absolute atomic E-state index is 0.460. The van der Waals surface area contributed by atoms with Crippen molar-refractivity contribution in [2.75, 3.05) is 13.7 Å². The molecule has 0 amide bonds. The maximum atomic E-state index is 9.60. The molecule has 18 heavy (non-hydrogen) atoms. The van der Waals surface area contributed by atoms with Gasteiger partial charge < -0.3 is 29.2 Å². The molecule has 0 saturated carbocycles. The number of alkyl halides is 3. The Morgan fingerprint density at radius 3 is 2.44 bits per heavy atom. The van der Waals surface area contributed by atoms with E-state index in [1.165, 1.54) is 7.11 Å². The van der Waals surface area contributed by atoms with Crippen molar-refractivity contribution in [3.63, 3.8) is 0 Å². The number of aliphatic hydroxyl groups is 2. The Balaban J connectivity index is 2.06. The highest BCUT2D eigenvalue weighted by Gasteiger charge is 2.57. The van der Waals surface area contributed by atoms with Crippen LogP contribution in [0.1, 0.15) is 0 Å². The van der Waals surface area contributed by atoms with Gasteiger partial charge >= 0.3 is 0 Å². The number of rotatable bonds is 3. The smallest absolute Gasteiger partial charge is 0.241 e. The quantitative estimate of drug-likeness (QED) is 0.722. The number of methoxy groups -OCH3 is 1. The van der Waals surface area contributed by atoms with Gasteiger partial charge in [0.1, 0.15) is 24.4 Å². The van der Waals surface area contributed by atoms with Crippen molar-refractivity contribution in [1.29, 1.82) is 0 Å². The second-order valence-corrected chi connectivity index (χ2v) is 6.40. The SMILES string of the molecule is CO[C@H]1[C@H]([C@H](O)CO)O[C@@H]2OC(C(Cl)(Cl)Cl)O[C@@H]21. The van der Waals surface area contributed by atoms with Gasteiger partial charge in [0.25, 0.3) is 0 Å². The molecule has 106 valence electrons. The summed E-state index contributed by atoms with van der Waals surface area (Å²) < 4.78 is 19.6. The number of hydrogen-bond acceptors (Lipinski definition) is 6. The van der Waals surface area contributed by atoms with Gasteiger partial charge in [-0.15, -0.1) is 0 Å². The number of aliphatic hydroxyl groups excluding tert-OH is 2. The largest absolute Gasteiger partial charge is 0.394 e. The molecule has 2 N–H and O–H groups in total. The standard InChI is InChI=1S/C9H13Cl3O6/c1-15-5-4(3(14)2-13)16-7-6(5)17-8(18-7)9(10,11)12/h3-8,13-14H,2H2,1H3/t3-,4+,5+,6-,7-,8?/m1/s1. The Morgan fingerprint density at radius 2 is 1.94 bits per heavy atom. The molecule has 2 rings (SSSR count). The summed E-state index contributed by atoms with van der Waals surface area (Å²) in [5.41, 5.74) is 0. The first kappa shape index (κ1) is 15.0. The van der Waals surface area contributed by atoms with E-state index in [1.54, 1.807) is 0 Å². The van der Waals surface area contributed by atoms with Crippen molar-refractivity contribution in [1.82, 2.24) is 0 Å². The lowest BCUT2D eigenvalue weighted by Crippen LogP contribution is -2.43. The maximum absolute atomic E-state index is 9.60. The number of halogens is 3. The molecule has 0 bridgehead atoms. The first-order chi connectivity index (χ1) is 8.38. The summed E-state index contributed by atoms with van der Waals surface area (Å²) in [5, 5.41) is 18.5. The van der Waals surface area contributed by atoms with Gasteiger partial charge in [-0.2, -0.15) is 0 Å². The second kappa shape index (κ2) is 5.55. The van der Waals surface area contributed by atoms with Gasteiger partial charge in [0.05, 0.1) is 6.61 Å². The fraction of sp³-hybridized carbons (Fsp3) is 1.00. The number of hydrogen-bond donors (Lipinski definition) is 2. The van der Waals surface area contributed by atoms with Crippen LogP contribution >= 0.6 is 34.8 Å². The molecule has 0 radical (unpaired) electrons. The van der Waals surface area contributed by atoms with Crippen molar-refractivity contribution in [3.05, 3.63) is 0 Å². The van der Waals surface area contributed by atoms with E-state index < -0.39 is 47.4 Å². The predicted molar refractivity (Wildman–Crippen MR) is 62.6 cm³/mol. The van der Waals surface area contributed by atoms with Crippen molar-refractivity contribution < 1.29 is 29.2 Å². The van der Waals surface area contributed by atoms with Crippen LogP contribution in [0.2, 0.25) is 0 Å². The van der Waals surface area contributed by atoms with E-state index in [-0.39, 0.29) is 0 Å². The van der Waals surface area contributed by atoms with E-state index in [0.717, 1.165) is 0 Å². The summed E-state index contributed by atoms with van der Waals surface area (Å²) in [5.74, 6) is 0. The molecule has 9 heteroatoms. The first-order valence-electron chi connectivity index (χ1n) is 5.23. The fourth-order valence-electron chi connectivity index (χ4n) is 2.04. The van der Waals surface area contributed by atoms with Crippen LogP contribution in [0.25, 0.3) is 0 Å². The predicted octanol–water partition coefficient (Wildman–Crippen LogP) is 0.191. The Morgan fingerprint density at radius 1 is 1.28 bits per heavy atom. The van der Waals surface area contributed by atoms with E-state index in [9.17, 15) is 5.11 Å². The van der Waals surface area contributed by atoms with Gasteiger partial charge in [-0.05, 0) is 0 Å². The highest BCUT2D eigenvalue weighted by atomic mass is 35.6. The summed E-state index contributed by atoms with van der Waals surface area (Å²) in [4.78, 5) is 0. The minimum Gasteiger partial charge on any atom is -0.394 e. The zero-order valence-electron chi connectivity index (χ0n) is 9.33. The third kappa shape index (κ3) is 2.72. The maximum Gasteiger partial charge on any atom is 0.241 e. The summed E-state index contributed by atoms with van der Waals surface area (Å²) in [7, 11) is 1.43. The molecule has 6 atom stereocenters. The lowest BCUT2D eigenvalue weighted by atomic mass is 10.1. The highest BCUT2D eigenvalue weighted by molar-refractivity contribution is 6.67. The van der Waals surface area contributed by atoms with Crippen LogP contribution in [0.3, 0.4) is 0 Å². The molecular formula is C9H13Cl3O6. The molecule has 0 spiro atoms. The van der Waals surface area contributed by atoms with Crippen LogP contribution in [0.15, 0.2) is 0 Å². The van der Waals surface area contributed by atoms with Crippen LogP contribution < -0.4 is 0 Å². The lowest BCUT2D eigenvalue weighted by molar-refractivity contribution is -0.190. The molecule has 0 aromatic heterocycles. The van der Waals surface area contributed by atoms with Gasteiger partial charge in [-0.25, -0.2) is 0 Å². The molecule has 2 aliphatic rings. The summed E-state index contributed by atoms with van der Waals surface area (Å²) in [6, 6.07) is 0. The number of fused-ring (bicyclic) bond motifs is 1. The normalized spacial score (nSPS) is 42.0. The van der Waals surface area contributed by atoms with E-state index in [2.05, 4.69) is 0 Å². The summed E-state index contributed by atoms with van der Waals surface area (Å²) >= 11 is 17.0. The average Bonchev–Trinajstić information content (AvgIpc) is 2.83. The molecule has 0 aromatic carbocycles.